The van der Waals surface area contributed by atoms with Gasteiger partial charge in [-0.15, -0.1) is 0 Å². The summed E-state index contributed by atoms with van der Waals surface area (Å²) in [5.41, 5.74) is 0.798. The molecule has 1 aromatic rings. The molecule has 16 heavy (non-hydrogen) atoms. The average molecular weight is 219 g/mol. The van der Waals surface area contributed by atoms with Crippen LogP contribution in [0.4, 0.5) is 5.82 Å². The molecule has 0 spiro atoms. The van der Waals surface area contributed by atoms with Gasteiger partial charge in [0.15, 0.2) is 0 Å². The fraction of sp³-hybridized carbons (Fsp3) is 0.500. The zero-order valence-corrected chi connectivity index (χ0v) is 9.71. The van der Waals surface area contributed by atoms with Crippen molar-refractivity contribution in [1.82, 2.24) is 10.3 Å². The summed E-state index contributed by atoms with van der Waals surface area (Å²) < 4.78 is 0. The highest BCUT2D eigenvalue weighted by Crippen LogP contribution is 2.44. The lowest BCUT2D eigenvalue weighted by Gasteiger charge is -2.10. The number of amides is 1. The maximum atomic E-state index is 11.8. The van der Waals surface area contributed by atoms with Gasteiger partial charge in [-0.3, -0.25) is 4.79 Å². The third kappa shape index (κ3) is 2.51. The minimum absolute atomic E-state index is 0.0924. The van der Waals surface area contributed by atoms with Gasteiger partial charge < -0.3 is 10.6 Å². The summed E-state index contributed by atoms with van der Waals surface area (Å²) in [4.78, 5) is 16.0. The van der Waals surface area contributed by atoms with Crippen molar-refractivity contribution in [2.75, 3.05) is 18.9 Å². The lowest BCUT2D eigenvalue weighted by Crippen LogP contribution is -2.29. The van der Waals surface area contributed by atoms with E-state index in [0.717, 1.165) is 6.54 Å². The normalized spacial score (nSPS) is 16.6. The standard InChI is InChI=1S/C12H17N3O/c1-12(6-7-12)8-14-11(16)9-4-3-5-10(13-2)15-9/h3-5H,6-8H2,1-2H3,(H,13,15)(H,14,16). The van der Waals surface area contributed by atoms with E-state index in [4.69, 9.17) is 0 Å². The van der Waals surface area contributed by atoms with Crippen molar-refractivity contribution in [2.24, 2.45) is 5.41 Å². The van der Waals surface area contributed by atoms with Gasteiger partial charge in [0.05, 0.1) is 0 Å². The molecule has 1 aliphatic rings. The Morgan fingerprint density at radius 3 is 2.88 bits per heavy atom. The number of hydrogen-bond acceptors (Lipinski definition) is 3. The van der Waals surface area contributed by atoms with Crippen LogP contribution in [0.25, 0.3) is 0 Å². The molecule has 0 atom stereocenters. The van der Waals surface area contributed by atoms with Crippen molar-refractivity contribution < 1.29 is 4.79 Å². The van der Waals surface area contributed by atoms with Gasteiger partial charge in [0, 0.05) is 13.6 Å². The first-order valence-corrected chi connectivity index (χ1v) is 5.56. The summed E-state index contributed by atoms with van der Waals surface area (Å²) in [6, 6.07) is 5.39. The highest BCUT2D eigenvalue weighted by molar-refractivity contribution is 5.92. The van der Waals surface area contributed by atoms with E-state index in [1.54, 1.807) is 13.1 Å². The van der Waals surface area contributed by atoms with Crippen molar-refractivity contribution in [3.63, 3.8) is 0 Å². The predicted molar refractivity (Wildman–Crippen MR) is 63.5 cm³/mol. The third-order valence-electron chi connectivity index (χ3n) is 3.02. The molecule has 4 heteroatoms. The number of pyridine rings is 1. The van der Waals surface area contributed by atoms with Crippen LogP contribution in [0.3, 0.4) is 0 Å². The number of nitrogens with zero attached hydrogens (tertiary/aromatic N) is 1. The van der Waals surface area contributed by atoms with Crippen LogP contribution in [0.1, 0.15) is 30.3 Å². The van der Waals surface area contributed by atoms with Crippen molar-refractivity contribution in [3.8, 4) is 0 Å². The van der Waals surface area contributed by atoms with Gasteiger partial charge in [-0.05, 0) is 30.4 Å². The third-order valence-corrected chi connectivity index (χ3v) is 3.02. The summed E-state index contributed by atoms with van der Waals surface area (Å²) in [7, 11) is 1.79. The van der Waals surface area contributed by atoms with Crippen LogP contribution >= 0.6 is 0 Å². The van der Waals surface area contributed by atoms with Crippen LogP contribution in [0, 0.1) is 5.41 Å². The molecule has 86 valence electrons. The number of carbonyl (C=O) groups excluding carboxylic acids is 1. The second-order valence-corrected chi connectivity index (χ2v) is 4.65. The Morgan fingerprint density at radius 1 is 1.50 bits per heavy atom. The molecule has 0 unspecified atom stereocenters. The minimum Gasteiger partial charge on any atom is -0.373 e. The zero-order valence-electron chi connectivity index (χ0n) is 9.71. The van der Waals surface area contributed by atoms with Gasteiger partial charge in [-0.25, -0.2) is 4.98 Å². The molecule has 4 nitrogen and oxygen atoms in total. The van der Waals surface area contributed by atoms with Gasteiger partial charge >= 0.3 is 0 Å². The van der Waals surface area contributed by atoms with Gasteiger partial charge in [0.25, 0.3) is 5.91 Å². The smallest absolute Gasteiger partial charge is 0.269 e. The molecule has 1 aliphatic carbocycles. The molecule has 0 saturated heterocycles. The summed E-state index contributed by atoms with van der Waals surface area (Å²) in [5.74, 6) is 0.621. The fourth-order valence-electron chi connectivity index (χ4n) is 1.47. The maximum Gasteiger partial charge on any atom is 0.269 e. The van der Waals surface area contributed by atoms with E-state index in [0.29, 0.717) is 16.9 Å². The molecular formula is C12H17N3O. The Labute approximate surface area is 95.5 Å². The number of rotatable bonds is 4. The van der Waals surface area contributed by atoms with Crippen molar-refractivity contribution in [1.29, 1.82) is 0 Å². The molecule has 2 N–H and O–H groups in total. The number of nitrogens with one attached hydrogen (secondary N) is 2. The fourth-order valence-corrected chi connectivity index (χ4v) is 1.47. The Hall–Kier alpha value is -1.58. The molecule has 1 amide bonds. The maximum absolute atomic E-state index is 11.8. The van der Waals surface area contributed by atoms with Crippen LogP contribution in [0.2, 0.25) is 0 Å². The van der Waals surface area contributed by atoms with Crippen LogP contribution in [0.15, 0.2) is 18.2 Å². The molecule has 1 heterocycles. The lowest BCUT2D eigenvalue weighted by atomic mass is 10.1. The van der Waals surface area contributed by atoms with Gasteiger partial charge in [0.1, 0.15) is 11.5 Å². The van der Waals surface area contributed by atoms with Crippen molar-refractivity contribution in [2.45, 2.75) is 19.8 Å². The summed E-state index contributed by atoms with van der Waals surface area (Å²) in [5, 5.41) is 5.84. The monoisotopic (exact) mass is 219 g/mol. The van der Waals surface area contributed by atoms with E-state index in [1.165, 1.54) is 12.8 Å². The predicted octanol–water partition coefficient (Wildman–Crippen LogP) is 1.65. The van der Waals surface area contributed by atoms with Crippen LogP contribution in [0.5, 0.6) is 0 Å². The molecule has 1 fully saturated rings. The first-order chi connectivity index (χ1) is 7.63. The van der Waals surface area contributed by atoms with Gasteiger partial charge in [-0.1, -0.05) is 13.0 Å². The molecule has 0 bridgehead atoms. The Kier molecular flexibility index (Phi) is 2.81. The topological polar surface area (TPSA) is 54.0 Å². The number of anilines is 1. The first-order valence-electron chi connectivity index (χ1n) is 5.56. The lowest BCUT2D eigenvalue weighted by molar-refractivity contribution is 0.0941. The highest BCUT2D eigenvalue weighted by atomic mass is 16.1. The molecule has 0 aliphatic heterocycles. The van der Waals surface area contributed by atoms with E-state index < -0.39 is 0 Å². The van der Waals surface area contributed by atoms with Crippen LogP contribution < -0.4 is 10.6 Å². The molecule has 0 aromatic carbocycles. The molecular weight excluding hydrogens is 202 g/mol. The van der Waals surface area contributed by atoms with Gasteiger partial charge in [-0.2, -0.15) is 0 Å². The summed E-state index contributed by atoms with van der Waals surface area (Å²) in [6.45, 7) is 2.93. The largest absolute Gasteiger partial charge is 0.373 e. The van der Waals surface area contributed by atoms with E-state index in [9.17, 15) is 4.79 Å². The highest BCUT2D eigenvalue weighted by Gasteiger charge is 2.37. The van der Waals surface area contributed by atoms with Crippen LogP contribution in [-0.4, -0.2) is 24.5 Å². The average Bonchev–Trinajstić information content (AvgIpc) is 3.05. The van der Waals surface area contributed by atoms with E-state index in [-0.39, 0.29) is 5.91 Å². The van der Waals surface area contributed by atoms with E-state index >= 15 is 0 Å². The summed E-state index contributed by atoms with van der Waals surface area (Å²) >= 11 is 0. The van der Waals surface area contributed by atoms with E-state index in [1.807, 2.05) is 12.1 Å². The molecule has 0 radical (unpaired) electrons. The number of aromatic nitrogens is 1. The molecule has 1 saturated carbocycles. The Bertz CT molecular complexity index is 399. The van der Waals surface area contributed by atoms with Gasteiger partial charge in [0.2, 0.25) is 0 Å². The SMILES string of the molecule is CNc1cccc(C(=O)NCC2(C)CC2)n1. The second-order valence-electron chi connectivity index (χ2n) is 4.65. The van der Waals surface area contributed by atoms with Crippen LogP contribution in [-0.2, 0) is 0 Å². The van der Waals surface area contributed by atoms with E-state index in [2.05, 4.69) is 22.5 Å². The first kappa shape index (κ1) is 10.9. The van der Waals surface area contributed by atoms with Crippen molar-refractivity contribution >= 4 is 11.7 Å². The van der Waals surface area contributed by atoms with Crippen molar-refractivity contribution in [3.05, 3.63) is 23.9 Å². The second kappa shape index (κ2) is 4.12. The Morgan fingerprint density at radius 2 is 2.25 bits per heavy atom. The quantitative estimate of drug-likeness (QED) is 0.809. The molecule has 1 aromatic heterocycles. The number of carbonyl (C=O) groups is 1. The molecule has 2 rings (SSSR count). The Balaban J connectivity index is 1.97. The summed E-state index contributed by atoms with van der Waals surface area (Å²) in [6.07, 6.45) is 2.41. The zero-order chi connectivity index (χ0) is 11.6. The minimum atomic E-state index is -0.0924. The number of hydrogen-bond donors (Lipinski definition) is 2.